The molecule has 0 radical (unpaired) electrons. The molecule has 2 aromatic carbocycles. The number of anilines is 1. The smallest absolute Gasteiger partial charge is 0.306 e. The highest BCUT2D eigenvalue weighted by Crippen LogP contribution is 2.33. The molecule has 34 heavy (non-hydrogen) atoms. The summed E-state index contributed by atoms with van der Waals surface area (Å²) in [6.07, 6.45) is 2.97. The lowest BCUT2D eigenvalue weighted by molar-refractivity contribution is -0.145. The standard InChI is InChI=1S/C25H29N5O4/c1-17-28-29-25-24(27-19-14-21(32-2)22(33-3)15-20(19)30(17)25)26-13-9-5-8-12-23(31)34-16-18-10-6-4-7-11-18/h4,6-7,10-11,14-15H,5,8-9,12-13,16H2,1-3H3,(H,26,27). The van der Waals surface area contributed by atoms with Gasteiger partial charge in [-0.3, -0.25) is 9.20 Å². The predicted molar refractivity (Wildman–Crippen MR) is 129 cm³/mol. The minimum absolute atomic E-state index is 0.168. The lowest BCUT2D eigenvalue weighted by Crippen LogP contribution is -2.08. The molecule has 178 valence electrons. The van der Waals surface area contributed by atoms with Crippen LogP contribution < -0.4 is 14.8 Å². The fraction of sp³-hybridized carbons (Fsp3) is 0.360. The zero-order valence-electron chi connectivity index (χ0n) is 19.7. The minimum atomic E-state index is -0.168. The topological polar surface area (TPSA) is 99.9 Å². The summed E-state index contributed by atoms with van der Waals surface area (Å²) in [5, 5.41) is 11.9. The van der Waals surface area contributed by atoms with Crippen molar-refractivity contribution in [3.8, 4) is 11.5 Å². The molecule has 0 saturated carbocycles. The van der Waals surface area contributed by atoms with Gasteiger partial charge in [0.25, 0.3) is 0 Å². The molecule has 9 heteroatoms. The Hall–Kier alpha value is -3.88. The number of aryl methyl sites for hydroxylation is 1. The van der Waals surface area contributed by atoms with Crippen molar-refractivity contribution in [1.29, 1.82) is 0 Å². The fourth-order valence-electron chi connectivity index (χ4n) is 3.81. The van der Waals surface area contributed by atoms with Crippen LogP contribution in [0.4, 0.5) is 5.82 Å². The van der Waals surface area contributed by atoms with Gasteiger partial charge in [-0.15, -0.1) is 10.2 Å². The Morgan fingerprint density at radius 3 is 2.53 bits per heavy atom. The lowest BCUT2D eigenvalue weighted by atomic mass is 10.2. The third kappa shape index (κ3) is 5.19. The van der Waals surface area contributed by atoms with Gasteiger partial charge in [0.15, 0.2) is 17.3 Å². The van der Waals surface area contributed by atoms with Crippen molar-refractivity contribution in [3.05, 3.63) is 53.9 Å². The van der Waals surface area contributed by atoms with Gasteiger partial charge < -0.3 is 19.5 Å². The molecular weight excluding hydrogens is 434 g/mol. The Morgan fingerprint density at radius 2 is 1.76 bits per heavy atom. The normalized spacial score (nSPS) is 11.0. The molecular formula is C25H29N5O4. The van der Waals surface area contributed by atoms with Crippen molar-refractivity contribution >= 4 is 28.5 Å². The van der Waals surface area contributed by atoms with Gasteiger partial charge in [-0.2, -0.15) is 0 Å². The summed E-state index contributed by atoms with van der Waals surface area (Å²) >= 11 is 0. The Bertz CT molecular complexity index is 1270. The van der Waals surface area contributed by atoms with E-state index in [1.807, 2.05) is 53.8 Å². The van der Waals surface area contributed by atoms with E-state index in [2.05, 4.69) is 15.5 Å². The van der Waals surface area contributed by atoms with Gasteiger partial charge in [0, 0.05) is 25.1 Å². The van der Waals surface area contributed by atoms with Crippen LogP contribution in [0.3, 0.4) is 0 Å². The van der Waals surface area contributed by atoms with E-state index < -0.39 is 0 Å². The average Bonchev–Trinajstić information content (AvgIpc) is 3.26. The van der Waals surface area contributed by atoms with Crippen molar-refractivity contribution in [2.45, 2.75) is 39.2 Å². The molecule has 4 aromatic rings. The zero-order valence-corrected chi connectivity index (χ0v) is 19.7. The van der Waals surface area contributed by atoms with Crippen LogP contribution in [-0.2, 0) is 16.1 Å². The number of esters is 1. The van der Waals surface area contributed by atoms with E-state index in [1.54, 1.807) is 14.2 Å². The predicted octanol–water partition coefficient (Wildman–Crippen LogP) is 4.32. The molecule has 0 bridgehead atoms. The summed E-state index contributed by atoms with van der Waals surface area (Å²) < 4.78 is 18.2. The number of carbonyl (C=O) groups excluding carboxylic acids is 1. The minimum Gasteiger partial charge on any atom is -0.493 e. The van der Waals surface area contributed by atoms with E-state index in [0.717, 1.165) is 41.7 Å². The molecule has 0 saturated heterocycles. The largest absolute Gasteiger partial charge is 0.493 e. The summed E-state index contributed by atoms with van der Waals surface area (Å²) in [7, 11) is 3.20. The monoisotopic (exact) mass is 463 g/mol. The maximum absolute atomic E-state index is 12.0. The molecule has 0 amide bonds. The third-order valence-corrected chi connectivity index (χ3v) is 5.58. The highest BCUT2D eigenvalue weighted by Gasteiger charge is 2.16. The first-order valence-electron chi connectivity index (χ1n) is 11.3. The molecule has 2 aromatic heterocycles. The Labute approximate surface area is 198 Å². The molecule has 1 N–H and O–H groups in total. The van der Waals surface area contributed by atoms with Gasteiger partial charge in [-0.1, -0.05) is 36.8 Å². The molecule has 2 heterocycles. The van der Waals surface area contributed by atoms with Gasteiger partial charge in [-0.05, 0) is 25.3 Å². The Kier molecular flexibility index (Phi) is 7.41. The van der Waals surface area contributed by atoms with Crippen LogP contribution in [0, 0.1) is 6.92 Å². The number of unbranched alkanes of at least 4 members (excludes halogenated alkanes) is 2. The summed E-state index contributed by atoms with van der Waals surface area (Å²) in [6.45, 7) is 2.92. The van der Waals surface area contributed by atoms with E-state index >= 15 is 0 Å². The van der Waals surface area contributed by atoms with Gasteiger partial charge in [0.1, 0.15) is 12.4 Å². The first-order valence-corrected chi connectivity index (χ1v) is 11.3. The van der Waals surface area contributed by atoms with Crippen LogP contribution in [-0.4, -0.2) is 46.3 Å². The molecule has 0 aliphatic carbocycles. The number of carbonyl (C=O) groups is 1. The van der Waals surface area contributed by atoms with Crippen LogP contribution in [0.2, 0.25) is 0 Å². The van der Waals surface area contributed by atoms with Gasteiger partial charge in [0.05, 0.1) is 25.3 Å². The first kappa shape index (κ1) is 23.3. The van der Waals surface area contributed by atoms with E-state index in [0.29, 0.717) is 42.5 Å². The highest BCUT2D eigenvalue weighted by atomic mass is 16.5. The van der Waals surface area contributed by atoms with Crippen molar-refractivity contribution in [3.63, 3.8) is 0 Å². The second-order valence-electron chi connectivity index (χ2n) is 7.95. The number of aromatic nitrogens is 4. The first-order chi connectivity index (χ1) is 16.6. The van der Waals surface area contributed by atoms with Crippen LogP contribution in [0.1, 0.15) is 37.1 Å². The quantitative estimate of drug-likeness (QED) is 0.259. The van der Waals surface area contributed by atoms with Crippen LogP contribution >= 0.6 is 0 Å². The number of hydrogen-bond donors (Lipinski definition) is 1. The van der Waals surface area contributed by atoms with E-state index in [4.69, 9.17) is 19.2 Å². The molecule has 0 spiro atoms. The second-order valence-corrected chi connectivity index (χ2v) is 7.95. The van der Waals surface area contributed by atoms with Crippen LogP contribution in [0.15, 0.2) is 42.5 Å². The van der Waals surface area contributed by atoms with Crippen LogP contribution in [0.5, 0.6) is 11.5 Å². The third-order valence-electron chi connectivity index (χ3n) is 5.58. The molecule has 0 atom stereocenters. The summed E-state index contributed by atoms with van der Waals surface area (Å²) in [5.74, 6) is 2.47. The Balaban J connectivity index is 1.33. The summed E-state index contributed by atoms with van der Waals surface area (Å²) in [6, 6.07) is 13.4. The summed E-state index contributed by atoms with van der Waals surface area (Å²) in [5.41, 5.74) is 3.24. The van der Waals surface area contributed by atoms with Gasteiger partial charge >= 0.3 is 5.97 Å². The van der Waals surface area contributed by atoms with Gasteiger partial charge in [-0.25, -0.2) is 4.98 Å². The fourth-order valence-corrected chi connectivity index (χ4v) is 3.81. The van der Waals surface area contributed by atoms with Crippen molar-refractivity contribution in [1.82, 2.24) is 19.6 Å². The average molecular weight is 464 g/mol. The highest BCUT2D eigenvalue weighted by molar-refractivity contribution is 5.85. The van der Waals surface area contributed by atoms with Crippen molar-refractivity contribution in [2.75, 3.05) is 26.1 Å². The van der Waals surface area contributed by atoms with E-state index in [9.17, 15) is 4.79 Å². The number of nitrogens with one attached hydrogen (secondary N) is 1. The number of rotatable bonds is 11. The number of ether oxygens (including phenoxy) is 3. The van der Waals surface area contributed by atoms with Gasteiger partial charge in [0.2, 0.25) is 5.65 Å². The Morgan fingerprint density at radius 1 is 1.00 bits per heavy atom. The van der Waals surface area contributed by atoms with Crippen molar-refractivity contribution in [2.24, 2.45) is 0 Å². The number of nitrogens with zero attached hydrogens (tertiary/aromatic N) is 4. The van der Waals surface area contributed by atoms with Crippen molar-refractivity contribution < 1.29 is 19.0 Å². The molecule has 9 nitrogen and oxygen atoms in total. The lowest BCUT2D eigenvalue weighted by Gasteiger charge is -2.13. The molecule has 0 fully saturated rings. The van der Waals surface area contributed by atoms with Crippen LogP contribution in [0.25, 0.3) is 16.7 Å². The molecule has 0 unspecified atom stereocenters. The second kappa shape index (κ2) is 10.8. The number of hydrogen-bond acceptors (Lipinski definition) is 8. The molecule has 4 rings (SSSR count). The molecule has 0 aliphatic heterocycles. The maximum Gasteiger partial charge on any atom is 0.306 e. The maximum atomic E-state index is 12.0. The number of benzene rings is 2. The van der Waals surface area contributed by atoms with E-state index in [1.165, 1.54) is 0 Å². The SMILES string of the molecule is COc1cc2nc(NCCCCCC(=O)OCc3ccccc3)c3nnc(C)n3c2cc1OC. The number of methoxy groups -OCH3 is 2. The zero-order chi connectivity index (χ0) is 23.9. The molecule has 0 aliphatic rings. The van der Waals surface area contributed by atoms with E-state index in [-0.39, 0.29) is 5.97 Å². The number of fused-ring (bicyclic) bond motifs is 3. The summed E-state index contributed by atoms with van der Waals surface area (Å²) in [4.78, 5) is 16.7.